The summed E-state index contributed by atoms with van der Waals surface area (Å²) in [6.07, 6.45) is -6.02. The summed E-state index contributed by atoms with van der Waals surface area (Å²) < 4.78 is 27.9. The number of esters is 4. The molecule has 0 saturated carbocycles. The predicted molar refractivity (Wildman–Crippen MR) is 125 cm³/mol. The highest BCUT2D eigenvalue weighted by Gasteiger charge is 2.52. The Labute approximate surface area is 209 Å². The van der Waals surface area contributed by atoms with Crippen molar-refractivity contribution in [1.82, 2.24) is 5.32 Å². The maximum absolute atomic E-state index is 11.9. The van der Waals surface area contributed by atoms with Crippen LogP contribution in [0.2, 0.25) is 0 Å². The van der Waals surface area contributed by atoms with Gasteiger partial charge in [0.05, 0.1) is 0 Å². The van der Waals surface area contributed by atoms with Crippen molar-refractivity contribution >= 4 is 62.8 Å². The van der Waals surface area contributed by atoms with Crippen molar-refractivity contribution in [2.24, 2.45) is 0 Å². The quantitative estimate of drug-likeness (QED) is 0.285. The molecule has 11 nitrogen and oxygen atoms in total. The summed E-state index contributed by atoms with van der Waals surface area (Å²) in [5.74, 6) is -2.74. The van der Waals surface area contributed by atoms with Gasteiger partial charge in [0, 0.05) is 37.9 Å². The summed E-state index contributed by atoms with van der Waals surface area (Å²) in [6.45, 7) is 4.32. The van der Waals surface area contributed by atoms with Crippen molar-refractivity contribution in [1.29, 1.82) is 0 Å². The minimum atomic E-state index is -1.29. The van der Waals surface area contributed by atoms with Gasteiger partial charge in [-0.05, 0) is 30.4 Å². The molecule has 0 spiro atoms. The Bertz CT molecular complexity index is 945. The van der Waals surface area contributed by atoms with E-state index in [9.17, 15) is 19.2 Å². The van der Waals surface area contributed by atoms with Crippen LogP contribution in [0.15, 0.2) is 28.7 Å². The zero-order chi connectivity index (χ0) is 25.4. The molecule has 0 unspecified atom stereocenters. The Hall–Kier alpha value is -2.77. The largest absolute Gasteiger partial charge is 0.463 e. The van der Waals surface area contributed by atoms with E-state index >= 15 is 0 Å². The monoisotopic (exact) mass is 560 g/mol. The molecule has 1 fully saturated rings. The van der Waals surface area contributed by atoms with Crippen LogP contribution in [-0.4, -0.2) is 66.2 Å². The van der Waals surface area contributed by atoms with Gasteiger partial charge in [-0.1, -0.05) is 22.0 Å². The SMILES string of the molecule is CC(=O)OC[C@@H]1O[C@H](NC(=S)Nc2cccc(Br)c2)[C@H](OC(C)=O)[C@H](OC(C)=O)[C@H]1OC(C)=O. The predicted octanol–water partition coefficient (Wildman–Crippen LogP) is 1.82. The Kier molecular flexibility index (Phi) is 10.2. The standard InChI is InChI=1S/C21H25BrN2O9S/c1-10(25)29-9-16-17(30-11(2)26)18(31-12(3)27)19(32-13(4)28)20(33-16)24-21(34)23-15-7-5-6-14(22)8-15/h5-8,16-20H,9H2,1-4H3,(H2,23,24,34)/t16-,17-,18+,19+,20-/m0/s1. The van der Waals surface area contributed by atoms with Crippen molar-refractivity contribution in [3.05, 3.63) is 28.7 Å². The van der Waals surface area contributed by atoms with Gasteiger partial charge in [-0.25, -0.2) is 0 Å². The van der Waals surface area contributed by atoms with Crippen molar-refractivity contribution in [2.75, 3.05) is 11.9 Å². The van der Waals surface area contributed by atoms with Gasteiger partial charge in [0.25, 0.3) is 0 Å². The number of ether oxygens (including phenoxy) is 5. The maximum Gasteiger partial charge on any atom is 0.303 e. The molecule has 0 aliphatic carbocycles. The number of benzene rings is 1. The smallest absolute Gasteiger partial charge is 0.303 e. The van der Waals surface area contributed by atoms with Gasteiger partial charge in [-0.2, -0.15) is 0 Å². The Balaban J connectivity index is 2.36. The lowest BCUT2D eigenvalue weighted by Crippen LogP contribution is -2.66. The second kappa shape index (κ2) is 12.6. The molecule has 1 heterocycles. The molecule has 0 radical (unpaired) electrons. The zero-order valence-electron chi connectivity index (χ0n) is 18.9. The van der Waals surface area contributed by atoms with E-state index in [-0.39, 0.29) is 11.7 Å². The van der Waals surface area contributed by atoms with E-state index in [2.05, 4.69) is 26.6 Å². The first kappa shape index (κ1) is 27.5. The molecule has 34 heavy (non-hydrogen) atoms. The fourth-order valence-electron chi connectivity index (χ4n) is 3.21. The number of thiocarbonyl (C=S) groups is 1. The molecule has 13 heteroatoms. The van der Waals surface area contributed by atoms with E-state index in [4.69, 9.17) is 35.9 Å². The molecule has 0 amide bonds. The highest BCUT2D eigenvalue weighted by molar-refractivity contribution is 9.10. The molecule has 0 aromatic heterocycles. The van der Waals surface area contributed by atoms with Gasteiger partial charge in [0.2, 0.25) is 0 Å². The summed E-state index contributed by atoms with van der Waals surface area (Å²) in [6, 6.07) is 7.18. The number of carbonyl (C=O) groups excluding carboxylic acids is 4. The van der Waals surface area contributed by atoms with E-state index < -0.39 is 54.5 Å². The van der Waals surface area contributed by atoms with E-state index in [0.29, 0.717) is 5.69 Å². The third-order valence-corrected chi connectivity index (χ3v) is 5.06. The van der Waals surface area contributed by atoms with Crippen molar-refractivity contribution in [2.45, 2.75) is 58.3 Å². The van der Waals surface area contributed by atoms with Crippen LogP contribution in [-0.2, 0) is 42.9 Å². The zero-order valence-corrected chi connectivity index (χ0v) is 21.3. The minimum absolute atomic E-state index is 0.0963. The first-order chi connectivity index (χ1) is 16.0. The van der Waals surface area contributed by atoms with E-state index in [1.165, 1.54) is 6.92 Å². The number of nitrogens with one attached hydrogen (secondary N) is 2. The number of anilines is 1. The number of rotatable bonds is 7. The molecular formula is C21H25BrN2O9S. The molecule has 1 aromatic rings. The summed E-state index contributed by atoms with van der Waals surface area (Å²) in [5, 5.41) is 5.93. The van der Waals surface area contributed by atoms with Crippen LogP contribution in [0.5, 0.6) is 0 Å². The van der Waals surface area contributed by atoms with E-state index in [0.717, 1.165) is 25.2 Å². The lowest BCUT2D eigenvalue weighted by atomic mass is 9.97. The number of carbonyl (C=O) groups is 4. The van der Waals surface area contributed by atoms with Crippen molar-refractivity contribution < 1.29 is 42.9 Å². The minimum Gasteiger partial charge on any atom is -0.463 e. The molecule has 186 valence electrons. The van der Waals surface area contributed by atoms with Gasteiger partial charge < -0.3 is 34.3 Å². The molecule has 5 atom stereocenters. The van der Waals surface area contributed by atoms with E-state index in [1.807, 2.05) is 6.07 Å². The summed E-state index contributed by atoms with van der Waals surface area (Å²) >= 11 is 8.72. The van der Waals surface area contributed by atoms with Crippen LogP contribution in [0.1, 0.15) is 27.7 Å². The summed E-state index contributed by atoms with van der Waals surface area (Å²) in [5.41, 5.74) is 0.650. The highest BCUT2D eigenvalue weighted by atomic mass is 79.9. The molecule has 1 aromatic carbocycles. The van der Waals surface area contributed by atoms with Crippen molar-refractivity contribution in [3.63, 3.8) is 0 Å². The van der Waals surface area contributed by atoms with Crippen LogP contribution >= 0.6 is 28.1 Å². The van der Waals surface area contributed by atoms with Gasteiger partial charge in [0.1, 0.15) is 12.7 Å². The van der Waals surface area contributed by atoms with Gasteiger partial charge >= 0.3 is 23.9 Å². The first-order valence-electron chi connectivity index (χ1n) is 10.1. The maximum atomic E-state index is 11.9. The second-order valence-electron chi connectivity index (χ2n) is 7.23. The molecular weight excluding hydrogens is 536 g/mol. The summed E-state index contributed by atoms with van der Waals surface area (Å²) in [4.78, 5) is 46.9. The Morgan fingerprint density at radius 3 is 2.09 bits per heavy atom. The molecule has 1 saturated heterocycles. The lowest BCUT2D eigenvalue weighted by Gasteiger charge is -2.44. The summed E-state index contributed by atoms with van der Waals surface area (Å²) in [7, 11) is 0. The topological polar surface area (TPSA) is 138 Å². The normalized spacial score (nSPS) is 23.7. The third kappa shape index (κ3) is 8.54. The fraction of sp³-hybridized carbons (Fsp3) is 0.476. The molecule has 2 rings (SSSR count). The average molecular weight is 561 g/mol. The number of hydrogen-bond acceptors (Lipinski definition) is 10. The highest BCUT2D eigenvalue weighted by Crippen LogP contribution is 2.28. The van der Waals surface area contributed by atoms with Gasteiger partial charge in [0.15, 0.2) is 29.7 Å². The lowest BCUT2D eigenvalue weighted by molar-refractivity contribution is -0.254. The van der Waals surface area contributed by atoms with Gasteiger partial charge in [-0.15, -0.1) is 0 Å². The van der Waals surface area contributed by atoms with Crippen molar-refractivity contribution in [3.8, 4) is 0 Å². The average Bonchev–Trinajstić information content (AvgIpc) is 2.70. The van der Waals surface area contributed by atoms with Crippen LogP contribution in [0, 0.1) is 0 Å². The van der Waals surface area contributed by atoms with Crippen LogP contribution < -0.4 is 10.6 Å². The molecule has 0 bridgehead atoms. The third-order valence-electron chi connectivity index (χ3n) is 4.35. The fourth-order valence-corrected chi connectivity index (χ4v) is 3.84. The van der Waals surface area contributed by atoms with Gasteiger partial charge in [-0.3, -0.25) is 19.2 Å². The van der Waals surface area contributed by atoms with Crippen LogP contribution in [0.25, 0.3) is 0 Å². The number of hydrogen-bond donors (Lipinski definition) is 2. The molecule has 1 aliphatic heterocycles. The first-order valence-corrected chi connectivity index (χ1v) is 11.3. The molecule has 2 N–H and O–H groups in total. The second-order valence-corrected chi connectivity index (χ2v) is 8.55. The Morgan fingerprint density at radius 1 is 0.941 bits per heavy atom. The van der Waals surface area contributed by atoms with Crippen LogP contribution in [0.3, 0.4) is 0 Å². The van der Waals surface area contributed by atoms with Crippen LogP contribution in [0.4, 0.5) is 5.69 Å². The molecule has 1 aliphatic rings. The number of halogens is 1. The van der Waals surface area contributed by atoms with E-state index in [1.54, 1.807) is 18.2 Å². The Morgan fingerprint density at radius 2 is 1.53 bits per heavy atom.